The van der Waals surface area contributed by atoms with Gasteiger partial charge in [-0.25, -0.2) is 4.79 Å². The quantitative estimate of drug-likeness (QED) is 0.712. The number of piperidine rings is 1. The highest BCUT2D eigenvalue weighted by molar-refractivity contribution is 6.06. The van der Waals surface area contributed by atoms with Crippen molar-refractivity contribution in [2.45, 2.75) is 44.2 Å². The lowest BCUT2D eigenvalue weighted by Gasteiger charge is -2.39. The van der Waals surface area contributed by atoms with Gasteiger partial charge in [-0.1, -0.05) is 0 Å². The average molecular weight is 308 g/mol. The molecule has 3 aliphatic rings. The Labute approximate surface area is 130 Å². The Morgan fingerprint density at radius 1 is 1.36 bits per heavy atom. The third-order valence-corrected chi connectivity index (χ3v) is 5.05. The monoisotopic (exact) mass is 308 g/mol. The Morgan fingerprint density at radius 2 is 2.09 bits per heavy atom. The molecule has 2 saturated heterocycles. The van der Waals surface area contributed by atoms with Crippen LogP contribution in [-0.2, 0) is 9.59 Å². The Kier molecular flexibility index (Phi) is 3.84. The van der Waals surface area contributed by atoms with Crippen LogP contribution in [-0.4, -0.2) is 65.9 Å². The zero-order valence-electron chi connectivity index (χ0n) is 13.2. The molecular formula is C15H24N4O3. The second-order valence-corrected chi connectivity index (χ2v) is 6.91. The molecule has 1 aliphatic carbocycles. The lowest BCUT2D eigenvalue weighted by Crippen LogP contribution is -2.56. The van der Waals surface area contributed by atoms with Gasteiger partial charge in [-0.2, -0.15) is 0 Å². The number of hydrogen-bond acceptors (Lipinski definition) is 4. The van der Waals surface area contributed by atoms with Crippen LogP contribution in [0.2, 0.25) is 0 Å². The van der Waals surface area contributed by atoms with E-state index in [1.165, 1.54) is 7.05 Å². The molecule has 2 heterocycles. The van der Waals surface area contributed by atoms with Crippen molar-refractivity contribution >= 4 is 17.8 Å². The van der Waals surface area contributed by atoms with Crippen molar-refractivity contribution < 1.29 is 14.4 Å². The van der Waals surface area contributed by atoms with Crippen LogP contribution in [0, 0.1) is 5.92 Å². The summed E-state index contributed by atoms with van der Waals surface area (Å²) in [5.74, 6) is -0.0737. The smallest absolute Gasteiger partial charge is 0.324 e. The van der Waals surface area contributed by atoms with E-state index in [-0.39, 0.29) is 23.8 Å². The van der Waals surface area contributed by atoms with E-state index in [1.54, 1.807) is 6.92 Å². The molecule has 0 aromatic carbocycles. The van der Waals surface area contributed by atoms with Crippen molar-refractivity contribution in [1.29, 1.82) is 0 Å². The lowest BCUT2D eigenvalue weighted by atomic mass is 9.80. The largest absolute Gasteiger partial charge is 0.352 e. The van der Waals surface area contributed by atoms with Gasteiger partial charge in [0.15, 0.2) is 0 Å². The summed E-state index contributed by atoms with van der Waals surface area (Å²) in [5.41, 5.74) is -0.850. The summed E-state index contributed by atoms with van der Waals surface area (Å²) in [5, 5.41) is 5.82. The van der Waals surface area contributed by atoms with Crippen molar-refractivity contribution in [1.82, 2.24) is 20.4 Å². The fourth-order valence-electron chi connectivity index (χ4n) is 3.45. The summed E-state index contributed by atoms with van der Waals surface area (Å²) >= 11 is 0. The van der Waals surface area contributed by atoms with E-state index in [9.17, 15) is 14.4 Å². The van der Waals surface area contributed by atoms with E-state index in [0.717, 1.165) is 37.1 Å². The van der Waals surface area contributed by atoms with E-state index in [4.69, 9.17) is 0 Å². The van der Waals surface area contributed by atoms with Crippen molar-refractivity contribution in [3.63, 3.8) is 0 Å². The summed E-state index contributed by atoms with van der Waals surface area (Å²) in [6, 6.07) is 0.0334. The Hall–Kier alpha value is -1.63. The van der Waals surface area contributed by atoms with Gasteiger partial charge in [-0.15, -0.1) is 0 Å². The third-order valence-electron chi connectivity index (χ3n) is 5.05. The Balaban J connectivity index is 1.61. The fourth-order valence-corrected chi connectivity index (χ4v) is 3.45. The molecule has 3 fully saturated rings. The van der Waals surface area contributed by atoms with Crippen LogP contribution in [0.15, 0.2) is 0 Å². The van der Waals surface area contributed by atoms with Crippen molar-refractivity contribution in [2.24, 2.45) is 5.92 Å². The van der Waals surface area contributed by atoms with Crippen LogP contribution in [0.3, 0.4) is 0 Å². The van der Waals surface area contributed by atoms with Crippen LogP contribution < -0.4 is 10.6 Å². The van der Waals surface area contributed by atoms with Crippen molar-refractivity contribution in [3.8, 4) is 0 Å². The molecule has 3 rings (SSSR count). The topological polar surface area (TPSA) is 81.8 Å². The number of likely N-dealkylation sites (N-methyl/N-ethyl adjacent to an activating group) is 1. The molecule has 0 radical (unpaired) electrons. The zero-order chi connectivity index (χ0) is 15.9. The standard InChI is InChI=1S/C15H24N4O3/c1-15(13(21)18(2)14(22)17-15)10-4-3-7-19(8-10)9-12(20)16-11-5-6-11/h10-11H,3-9H2,1-2H3,(H,16,20)(H,17,22)/t10-,15-/m0/s1. The molecule has 0 unspecified atom stereocenters. The van der Waals surface area contributed by atoms with Gasteiger partial charge in [0.05, 0.1) is 6.54 Å². The molecule has 1 saturated carbocycles. The van der Waals surface area contributed by atoms with Crippen LogP contribution in [0.5, 0.6) is 0 Å². The Bertz CT molecular complexity index is 505. The average Bonchev–Trinajstić information content (AvgIpc) is 3.25. The number of nitrogens with one attached hydrogen (secondary N) is 2. The number of carbonyl (C=O) groups is 3. The van der Waals surface area contributed by atoms with Crippen LogP contribution >= 0.6 is 0 Å². The highest BCUT2D eigenvalue weighted by atomic mass is 16.2. The maximum Gasteiger partial charge on any atom is 0.324 e. The number of imide groups is 1. The minimum atomic E-state index is -0.850. The molecule has 0 aromatic heterocycles. The molecule has 7 nitrogen and oxygen atoms in total. The molecule has 2 N–H and O–H groups in total. The lowest BCUT2D eigenvalue weighted by molar-refractivity contribution is -0.132. The SMILES string of the molecule is CN1C(=O)N[C@@](C)([C@H]2CCCN(CC(=O)NC3CC3)C2)C1=O. The Morgan fingerprint density at radius 3 is 2.68 bits per heavy atom. The van der Waals surface area contributed by atoms with E-state index < -0.39 is 5.54 Å². The molecule has 22 heavy (non-hydrogen) atoms. The maximum atomic E-state index is 12.4. The van der Waals surface area contributed by atoms with Gasteiger partial charge in [0.25, 0.3) is 5.91 Å². The number of carbonyl (C=O) groups excluding carboxylic acids is 3. The van der Waals surface area contributed by atoms with E-state index in [0.29, 0.717) is 19.1 Å². The number of nitrogens with zero attached hydrogens (tertiary/aromatic N) is 2. The van der Waals surface area contributed by atoms with Crippen LogP contribution in [0.25, 0.3) is 0 Å². The van der Waals surface area contributed by atoms with E-state index in [1.807, 2.05) is 0 Å². The second kappa shape index (κ2) is 5.53. The van der Waals surface area contributed by atoms with E-state index in [2.05, 4.69) is 15.5 Å². The fraction of sp³-hybridized carbons (Fsp3) is 0.800. The summed E-state index contributed by atoms with van der Waals surface area (Å²) < 4.78 is 0. The maximum absolute atomic E-state index is 12.4. The van der Waals surface area contributed by atoms with Crippen molar-refractivity contribution in [2.75, 3.05) is 26.7 Å². The first-order valence-corrected chi connectivity index (χ1v) is 8.02. The molecule has 0 spiro atoms. The molecule has 2 aliphatic heterocycles. The normalized spacial score (nSPS) is 33.0. The van der Waals surface area contributed by atoms with E-state index >= 15 is 0 Å². The van der Waals surface area contributed by atoms with Gasteiger partial charge in [0.2, 0.25) is 5.91 Å². The van der Waals surface area contributed by atoms with Gasteiger partial charge < -0.3 is 10.6 Å². The van der Waals surface area contributed by atoms with Gasteiger partial charge >= 0.3 is 6.03 Å². The number of amides is 4. The van der Waals surface area contributed by atoms with Gasteiger partial charge in [0, 0.05) is 25.6 Å². The number of rotatable bonds is 4. The first kappa shape index (κ1) is 15.3. The van der Waals surface area contributed by atoms with Crippen LogP contribution in [0.4, 0.5) is 4.79 Å². The predicted molar refractivity (Wildman–Crippen MR) is 80.0 cm³/mol. The number of hydrogen-bond donors (Lipinski definition) is 2. The second-order valence-electron chi connectivity index (χ2n) is 6.91. The molecule has 0 bridgehead atoms. The number of urea groups is 1. The molecule has 2 atom stereocenters. The van der Waals surface area contributed by atoms with Gasteiger partial charge in [0.1, 0.15) is 5.54 Å². The zero-order valence-corrected chi connectivity index (χ0v) is 13.2. The molecule has 4 amide bonds. The molecule has 0 aromatic rings. The first-order chi connectivity index (χ1) is 10.4. The van der Waals surface area contributed by atoms with Crippen molar-refractivity contribution in [3.05, 3.63) is 0 Å². The van der Waals surface area contributed by atoms with Gasteiger partial charge in [-0.3, -0.25) is 19.4 Å². The highest BCUT2D eigenvalue weighted by Crippen LogP contribution is 2.31. The first-order valence-electron chi connectivity index (χ1n) is 8.02. The summed E-state index contributed by atoms with van der Waals surface area (Å²) in [7, 11) is 1.51. The molecule has 122 valence electrons. The predicted octanol–water partition coefficient (Wildman–Crippen LogP) is -0.0827. The third kappa shape index (κ3) is 2.82. The summed E-state index contributed by atoms with van der Waals surface area (Å²) in [6.07, 6.45) is 3.99. The van der Waals surface area contributed by atoms with Gasteiger partial charge in [-0.05, 0) is 39.2 Å². The summed E-state index contributed by atoms with van der Waals surface area (Å²) in [6.45, 7) is 3.70. The molecular weight excluding hydrogens is 284 g/mol. The number of likely N-dealkylation sites (tertiary alicyclic amines) is 1. The highest BCUT2D eigenvalue weighted by Gasteiger charge is 2.51. The molecule has 7 heteroatoms. The minimum Gasteiger partial charge on any atom is -0.352 e. The minimum absolute atomic E-state index is 0.0383. The summed E-state index contributed by atoms with van der Waals surface area (Å²) in [4.78, 5) is 39.3. The van der Waals surface area contributed by atoms with Crippen LogP contribution in [0.1, 0.15) is 32.6 Å².